The first-order chi connectivity index (χ1) is 15.2. The zero-order chi connectivity index (χ0) is 21.8. The van der Waals surface area contributed by atoms with Crippen LogP contribution < -0.4 is 16.0 Å². The first-order valence-corrected chi connectivity index (χ1v) is 11.7. The first-order valence-electron chi connectivity index (χ1n) is 11.7. The molecule has 2 heterocycles. The van der Waals surface area contributed by atoms with Crippen molar-refractivity contribution in [2.75, 3.05) is 53.2 Å². The molecule has 2 saturated heterocycles. The molecule has 2 fully saturated rings. The van der Waals surface area contributed by atoms with Crippen LogP contribution in [0.15, 0.2) is 35.3 Å². The number of benzene rings is 1. The monoisotopic (exact) mass is 432 g/mol. The molecule has 2 aliphatic rings. The Morgan fingerprint density at radius 2 is 2.00 bits per heavy atom. The Hall–Kier alpha value is -1.67. The summed E-state index contributed by atoms with van der Waals surface area (Å²) in [6.07, 6.45) is 5.47. The summed E-state index contributed by atoms with van der Waals surface area (Å²) >= 11 is 0. The second-order valence-corrected chi connectivity index (χ2v) is 8.59. The van der Waals surface area contributed by atoms with Crippen LogP contribution in [0, 0.1) is 0 Å². The highest BCUT2D eigenvalue weighted by molar-refractivity contribution is 5.79. The molecule has 0 aliphatic carbocycles. The van der Waals surface area contributed by atoms with Crippen molar-refractivity contribution in [2.24, 2.45) is 4.99 Å². The summed E-state index contributed by atoms with van der Waals surface area (Å²) in [5, 5.41) is 10.8. The van der Waals surface area contributed by atoms with Gasteiger partial charge >= 0.3 is 0 Å². The highest BCUT2D eigenvalue weighted by atomic mass is 16.5. The van der Waals surface area contributed by atoms with E-state index in [2.05, 4.69) is 58.2 Å². The summed E-state index contributed by atoms with van der Waals surface area (Å²) < 4.78 is 17.0. The highest BCUT2D eigenvalue weighted by Crippen LogP contribution is 2.25. The Kier molecular flexibility index (Phi) is 10.1. The van der Waals surface area contributed by atoms with E-state index in [0.29, 0.717) is 12.7 Å². The van der Waals surface area contributed by atoms with Crippen LogP contribution in [0.2, 0.25) is 0 Å². The second-order valence-electron chi connectivity index (χ2n) is 8.59. The molecule has 1 aromatic rings. The summed E-state index contributed by atoms with van der Waals surface area (Å²) in [7, 11) is 1.82. The van der Waals surface area contributed by atoms with E-state index in [9.17, 15) is 0 Å². The van der Waals surface area contributed by atoms with Gasteiger partial charge in [-0.25, -0.2) is 0 Å². The van der Waals surface area contributed by atoms with Crippen molar-refractivity contribution >= 4 is 5.96 Å². The Labute approximate surface area is 187 Å². The van der Waals surface area contributed by atoms with E-state index < -0.39 is 0 Å². The lowest BCUT2D eigenvalue weighted by Crippen LogP contribution is -2.58. The van der Waals surface area contributed by atoms with Crippen LogP contribution in [-0.4, -0.2) is 70.8 Å². The van der Waals surface area contributed by atoms with Crippen molar-refractivity contribution in [3.63, 3.8) is 0 Å². The van der Waals surface area contributed by atoms with Crippen LogP contribution in [0.25, 0.3) is 0 Å². The topological polar surface area (TPSA) is 76.1 Å². The molecule has 2 atom stereocenters. The maximum absolute atomic E-state index is 5.74. The Morgan fingerprint density at radius 1 is 1.19 bits per heavy atom. The van der Waals surface area contributed by atoms with Gasteiger partial charge in [-0.1, -0.05) is 30.3 Å². The first kappa shape index (κ1) is 24.0. The molecule has 0 bridgehead atoms. The lowest BCUT2D eigenvalue weighted by atomic mass is 9.88. The molecule has 3 rings (SSSR count). The van der Waals surface area contributed by atoms with Gasteiger partial charge in [-0.15, -0.1) is 0 Å². The molecule has 0 radical (unpaired) electrons. The van der Waals surface area contributed by atoms with Gasteiger partial charge in [-0.2, -0.15) is 0 Å². The van der Waals surface area contributed by atoms with Crippen LogP contribution in [0.3, 0.4) is 0 Å². The molecule has 1 aromatic carbocycles. The molecule has 0 aromatic heterocycles. The molecule has 0 amide bonds. The standard InChI is InChI=1S/C24H40N4O3/c1-20(21-8-4-3-5-9-21)28-24(11-16-29-17-12-24)19-27-23(25-2)26-13-7-14-30-18-22-10-6-15-31-22/h3-5,8-9,20,22,28H,6-7,10-19H2,1-2H3,(H2,25,26,27). The summed E-state index contributed by atoms with van der Waals surface area (Å²) in [5.41, 5.74) is 1.29. The van der Waals surface area contributed by atoms with E-state index in [4.69, 9.17) is 14.2 Å². The maximum Gasteiger partial charge on any atom is 0.191 e. The molecule has 3 N–H and O–H groups in total. The SMILES string of the molecule is CN=C(NCCCOCC1CCCO1)NCC1(NC(C)c2ccccc2)CCOCC1. The van der Waals surface area contributed by atoms with E-state index in [-0.39, 0.29) is 11.6 Å². The number of ether oxygens (including phenoxy) is 3. The zero-order valence-corrected chi connectivity index (χ0v) is 19.2. The fraction of sp³-hybridized carbons (Fsp3) is 0.708. The molecular weight excluding hydrogens is 392 g/mol. The fourth-order valence-corrected chi connectivity index (χ4v) is 4.26. The average molecular weight is 433 g/mol. The predicted molar refractivity (Wildman–Crippen MR) is 125 cm³/mol. The minimum absolute atomic E-state index is 0.0183. The van der Waals surface area contributed by atoms with Crippen molar-refractivity contribution in [1.29, 1.82) is 0 Å². The summed E-state index contributed by atoms with van der Waals surface area (Å²) in [4.78, 5) is 4.40. The molecule has 31 heavy (non-hydrogen) atoms. The molecular formula is C24H40N4O3. The van der Waals surface area contributed by atoms with Gasteiger partial charge in [0.1, 0.15) is 0 Å². The van der Waals surface area contributed by atoms with Gasteiger partial charge in [0.05, 0.1) is 12.7 Å². The number of rotatable bonds is 11. The third-order valence-corrected chi connectivity index (χ3v) is 6.18. The van der Waals surface area contributed by atoms with Crippen LogP contribution in [0.1, 0.15) is 50.6 Å². The number of nitrogens with one attached hydrogen (secondary N) is 3. The van der Waals surface area contributed by atoms with E-state index in [1.54, 1.807) is 0 Å². The van der Waals surface area contributed by atoms with Gasteiger partial charge in [0, 0.05) is 58.1 Å². The van der Waals surface area contributed by atoms with Gasteiger partial charge in [0.2, 0.25) is 0 Å². The maximum atomic E-state index is 5.74. The third-order valence-electron chi connectivity index (χ3n) is 6.18. The van der Waals surface area contributed by atoms with E-state index in [1.807, 2.05) is 7.05 Å². The van der Waals surface area contributed by atoms with Gasteiger partial charge in [0.25, 0.3) is 0 Å². The normalized spacial score (nSPS) is 22.3. The van der Waals surface area contributed by atoms with Crippen LogP contribution in [0.5, 0.6) is 0 Å². The second kappa shape index (κ2) is 13.0. The average Bonchev–Trinajstić information content (AvgIpc) is 3.33. The van der Waals surface area contributed by atoms with Crippen LogP contribution >= 0.6 is 0 Å². The summed E-state index contributed by atoms with van der Waals surface area (Å²) in [6.45, 7) is 7.76. The Morgan fingerprint density at radius 3 is 2.71 bits per heavy atom. The van der Waals surface area contributed by atoms with Gasteiger partial charge < -0.3 is 30.2 Å². The van der Waals surface area contributed by atoms with Crippen molar-refractivity contribution in [1.82, 2.24) is 16.0 Å². The largest absolute Gasteiger partial charge is 0.381 e. The van der Waals surface area contributed by atoms with Gasteiger partial charge in [-0.3, -0.25) is 4.99 Å². The smallest absolute Gasteiger partial charge is 0.191 e. The van der Waals surface area contributed by atoms with E-state index in [0.717, 1.165) is 77.6 Å². The number of nitrogens with zero attached hydrogens (tertiary/aromatic N) is 1. The molecule has 0 spiro atoms. The van der Waals surface area contributed by atoms with E-state index in [1.165, 1.54) is 5.56 Å². The molecule has 7 nitrogen and oxygen atoms in total. The van der Waals surface area contributed by atoms with Crippen molar-refractivity contribution < 1.29 is 14.2 Å². The third kappa shape index (κ3) is 8.07. The minimum Gasteiger partial charge on any atom is -0.381 e. The minimum atomic E-state index is -0.0183. The molecule has 174 valence electrons. The highest BCUT2D eigenvalue weighted by Gasteiger charge is 2.34. The Bertz CT molecular complexity index is 643. The summed E-state index contributed by atoms with van der Waals surface area (Å²) in [5.74, 6) is 0.833. The van der Waals surface area contributed by atoms with E-state index >= 15 is 0 Å². The molecule has 2 aliphatic heterocycles. The van der Waals surface area contributed by atoms with Crippen molar-refractivity contribution in [3.05, 3.63) is 35.9 Å². The molecule has 0 saturated carbocycles. The fourth-order valence-electron chi connectivity index (χ4n) is 4.26. The van der Waals surface area contributed by atoms with Gasteiger partial charge in [0.15, 0.2) is 5.96 Å². The van der Waals surface area contributed by atoms with Crippen molar-refractivity contribution in [2.45, 2.75) is 56.7 Å². The van der Waals surface area contributed by atoms with Crippen molar-refractivity contribution in [3.8, 4) is 0 Å². The Balaban J connectivity index is 1.40. The van der Waals surface area contributed by atoms with Crippen LogP contribution in [-0.2, 0) is 14.2 Å². The molecule has 2 unspecified atom stereocenters. The number of guanidine groups is 1. The number of aliphatic imine (C=N–C) groups is 1. The van der Waals surface area contributed by atoms with Gasteiger partial charge in [-0.05, 0) is 44.6 Å². The lowest BCUT2D eigenvalue weighted by molar-refractivity contribution is 0.0168. The lowest BCUT2D eigenvalue weighted by Gasteiger charge is -2.41. The van der Waals surface area contributed by atoms with Crippen LogP contribution in [0.4, 0.5) is 0 Å². The summed E-state index contributed by atoms with van der Waals surface area (Å²) in [6, 6.07) is 10.9. The number of hydrogen-bond donors (Lipinski definition) is 3. The predicted octanol–water partition coefficient (Wildman–Crippen LogP) is 2.64. The number of hydrogen-bond acceptors (Lipinski definition) is 5. The quantitative estimate of drug-likeness (QED) is 0.284. The zero-order valence-electron chi connectivity index (χ0n) is 19.2. The molecule has 7 heteroatoms.